The molecule has 0 radical (unpaired) electrons. The van der Waals surface area contributed by atoms with Gasteiger partial charge in [-0.05, 0) is 60.5 Å². The first-order chi connectivity index (χ1) is 19.4. The average Bonchev–Trinajstić information content (AvgIpc) is 3.24. The van der Waals surface area contributed by atoms with E-state index in [1.54, 1.807) is 0 Å². The Balaban J connectivity index is 1.48. The molecule has 0 saturated carbocycles. The van der Waals surface area contributed by atoms with Gasteiger partial charge in [-0.3, -0.25) is 9.59 Å². The standard InChI is InChI=1S/C31H47N5O5/c1-7-39-20-24-35-27-28(22-14-12-13-15-23(22)34-29(27)32)36(24)21-31(5,6)40-19-18-33-25(37)16-10-8-9-11-17-26(38)41-30(2,3)4/h12-15H,7-11,16-21H2,1-6H3,(H2,32,34)(H,33,37). The molecule has 0 bridgehead atoms. The second kappa shape index (κ2) is 14.6. The molecule has 3 rings (SSSR count). The Morgan fingerprint density at radius 1 is 1.00 bits per heavy atom. The molecule has 0 fully saturated rings. The average molecular weight is 570 g/mol. The lowest BCUT2D eigenvalue weighted by molar-refractivity contribution is -0.154. The second-order valence-electron chi connectivity index (χ2n) is 11.9. The van der Waals surface area contributed by atoms with Crippen LogP contribution < -0.4 is 11.1 Å². The van der Waals surface area contributed by atoms with E-state index in [0.29, 0.717) is 57.1 Å². The van der Waals surface area contributed by atoms with Gasteiger partial charge >= 0.3 is 5.97 Å². The highest BCUT2D eigenvalue weighted by molar-refractivity contribution is 6.06. The fraction of sp³-hybridized carbons (Fsp3) is 0.613. The van der Waals surface area contributed by atoms with Crippen molar-refractivity contribution in [2.24, 2.45) is 0 Å². The van der Waals surface area contributed by atoms with Crippen molar-refractivity contribution in [2.75, 3.05) is 25.5 Å². The molecule has 1 amide bonds. The monoisotopic (exact) mass is 569 g/mol. The number of hydrogen-bond donors (Lipinski definition) is 2. The number of unbranched alkanes of at least 4 members (excludes halogenated alkanes) is 3. The van der Waals surface area contributed by atoms with Crippen LogP contribution >= 0.6 is 0 Å². The van der Waals surface area contributed by atoms with E-state index in [4.69, 9.17) is 24.9 Å². The van der Waals surface area contributed by atoms with Gasteiger partial charge in [0.2, 0.25) is 5.91 Å². The van der Waals surface area contributed by atoms with Crippen LogP contribution in [0.15, 0.2) is 24.3 Å². The summed E-state index contributed by atoms with van der Waals surface area (Å²) in [5, 5.41) is 3.92. The number of benzene rings is 1. The summed E-state index contributed by atoms with van der Waals surface area (Å²) >= 11 is 0. The van der Waals surface area contributed by atoms with E-state index in [1.807, 2.05) is 65.8 Å². The summed E-state index contributed by atoms with van der Waals surface area (Å²) in [5.74, 6) is 0.995. The Labute approximate surface area is 243 Å². The number of nitrogens with one attached hydrogen (secondary N) is 1. The molecule has 0 unspecified atom stereocenters. The van der Waals surface area contributed by atoms with Gasteiger partial charge in [0.15, 0.2) is 5.82 Å². The number of esters is 1. The highest BCUT2D eigenvalue weighted by Crippen LogP contribution is 2.30. The van der Waals surface area contributed by atoms with Crippen LogP contribution in [0.2, 0.25) is 0 Å². The lowest BCUT2D eigenvalue weighted by atomic mass is 10.1. The number of nitrogens with zero attached hydrogens (tertiary/aromatic N) is 3. The molecule has 0 aliphatic rings. The van der Waals surface area contributed by atoms with Gasteiger partial charge in [-0.15, -0.1) is 0 Å². The van der Waals surface area contributed by atoms with Gasteiger partial charge < -0.3 is 29.8 Å². The summed E-state index contributed by atoms with van der Waals surface area (Å²) in [5.41, 5.74) is 7.68. The largest absolute Gasteiger partial charge is 0.460 e. The van der Waals surface area contributed by atoms with Crippen LogP contribution in [-0.4, -0.2) is 57.4 Å². The SMILES string of the molecule is CCOCc1nc2c(N)nc3ccccc3c2n1CC(C)(C)OCCNC(=O)CCCCCCC(=O)OC(C)(C)C. The molecule has 0 atom stereocenters. The minimum absolute atomic E-state index is 0.00703. The lowest BCUT2D eigenvalue weighted by Crippen LogP contribution is -2.35. The summed E-state index contributed by atoms with van der Waals surface area (Å²) in [7, 11) is 0. The van der Waals surface area contributed by atoms with Crippen molar-refractivity contribution in [3.8, 4) is 0 Å². The molecule has 41 heavy (non-hydrogen) atoms. The maximum Gasteiger partial charge on any atom is 0.306 e. The Bertz CT molecular complexity index is 1310. The van der Waals surface area contributed by atoms with Crippen molar-refractivity contribution in [1.29, 1.82) is 0 Å². The molecule has 0 saturated heterocycles. The highest BCUT2D eigenvalue weighted by atomic mass is 16.6. The predicted molar refractivity (Wildman–Crippen MR) is 161 cm³/mol. The summed E-state index contributed by atoms with van der Waals surface area (Å²) in [6.45, 7) is 13.9. The minimum Gasteiger partial charge on any atom is -0.460 e. The number of imidazole rings is 1. The normalized spacial score (nSPS) is 12.2. The zero-order chi connectivity index (χ0) is 30.0. The van der Waals surface area contributed by atoms with E-state index in [1.165, 1.54) is 0 Å². The Morgan fingerprint density at radius 3 is 2.41 bits per heavy atom. The Hall–Kier alpha value is -3.24. The minimum atomic E-state index is -0.549. The fourth-order valence-electron chi connectivity index (χ4n) is 4.71. The van der Waals surface area contributed by atoms with E-state index in [0.717, 1.165) is 47.9 Å². The van der Waals surface area contributed by atoms with E-state index in [9.17, 15) is 9.59 Å². The predicted octanol–water partition coefficient (Wildman–Crippen LogP) is 5.30. The molecule has 2 aromatic heterocycles. The number of carbonyl (C=O) groups excluding carboxylic acids is 2. The number of hydrogen-bond acceptors (Lipinski definition) is 8. The molecule has 0 aliphatic carbocycles. The zero-order valence-corrected chi connectivity index (χ0v) is 25.5. The van der Waals surface area contributed by atoms with Gasteiger partial charge in [0.05, 0.1) is 29.8 Å². The van der Waals surface area contributed by atoms with Gasteiger partial charge in [0, 0.05) is 31.4 Å². The van der Waals surface area contributed by atoms with Crippen LogP contribution in [0.4, 0.5) is 5.82 Å². The van der Waals surface area contributed by atoms with E-state index in [-0.39, 0.29) is 11.9 Å². The first-order valence-electron chi connectivity index (χ1n) is 14.6. The number of anilines is 1. The number of carbonyl (C=O) groups is 2. The van der Waals surface area contributed by atoms with Crippen LogP contribution in [0.3, 0.4) is 0 Å². The molecular formula is C31H47N5O5. The number of nitrogen functional groups attached to an aromatic ring is 1. The van der Waals surface area contributed by atoms with Crippen LogP contribution in [0.5, 0.6) is 0 Å². The number of amides is 1. The smallest absolute Gasteiger partial charge is 0.306 e. The molecule has 10 heteroatoms. The molecular weight excluding hydrogens is 522 g/mol. The molecule has 0 aliphatic heterocycles. The molecule has 2 heterocycles. The summed E-state index contributed by atoms with van der Waals surface area (Å²) in [4.78, 5) is 33.4. The highest BCUT2D eigenvalue weighted by Gasteiger charge is 2.25. The first kappa shape index (κ1) is 32.3. The Morgan fingerprint density at radius 2 is 1.71 bits per heavy atom. The van der Waals surface area contributed by atoms with Crippen LogP contribution in [0, 0.1) is 0 Å². The number of ether oxygens (including phenoxy) is 3. The van der Waals surface area contributed by atoms with Crippen molar-refractivity contribution in [3.63, 3.8) is 0 Å². The van der Waals surface area contributed by atoms with Gasteiger partial charge in [0.1, 0.15) is 23.5 Å². The van der Waals surface area contributed by atoms with Crippen LogP contribution in [0.25, 0.3) is 21.9 Å². The van der Waals surface area contributed by atoms with Crippen LogP contribution in [-0.2, 0) is 37.0 Å². The first-order valence-corrected chi connectivity index (χ1v) is 14.6. The number of aromatic nitrogens is 3. The Kier molecular flexibility index (Phi) is 11.5. The number of pyridine rings is 1. The van der Waals surface area contributed by atoms with Gasteiger partial charge in [0.25, 0.3) is 0 Å². The van der Waals surface area contributed by atoms with Gasteiger partial charge in [-0.1, -0.05) is 31.0 Å². The van der Waals surface area contributed by atoms with Crippen molar-refractivity contribution in [3.05, 3.63) is 30.1 Å². The lowest BCUT2D eigenvalue weighted by Gasteiger charge is -2.27. The van der Waals surface area contributed by atoms with Gasteiger partial charge in [-0.25, -0.2) is 9.97 Å². The summed E-state index contributed by atoms with van der Waals surface area (Å²) in [6, 6.07) is 7.89. The van der Waals surface area contributed by atoms with E-state index < -0.39 is 11.2 Å². The van der Waals surface area contributed by atoms with Crippen molar-refractivity contribution in [1.82, 2.24) is 19.9 Å². The number of para-hydroxylation sites is 1. The topological polar surface area (TPSA) is 131 Å². The summed E-state index contributed by atoms with van der Waals surface area (Å²) < 4.78 is 19.4. The molecule has 10 nitrogen and oxygen atoms in total. The molecule has 3 N–H and O–H groups in total. The molecule has 3 aromatic rings. The van der Waals surface area contributed by atoms with Gasteiger partial charge in [-0.2, -0.15) is 0 Å². The zero-order valence-electron chi connectivity index (χ0n) is 25.5. The maximum atomic E-state index is 12.3. The molecule has 226 valence electrons. The van der Waals surface area contributed by atoms with E-state index >= 15 is 0 Å². The third kappa shape index (κ3) is 9.97. The van der Waals surface area contributed by atoms with Crippen molar-refractivity contribution >= 4 is 39.6 Å². The maximum absolute atomic E-state index is 12.3. The fourth-order valence-corrected chi connectivity index (χ4v) is 4.71. The van der Waals surface area contributed by atoms with Crippen molar-refractivity contribution < 1.29 is 23.8 Å². The third-order valence-electron chi connectivity index (χ3n) is 6.54. The molecule has 0 spiro atoms. The third-order valence-corrected chi connectivity index (χ3v) is 6.54. The number of nitrogens with two attached hydrogens (primary N) is 1. The number of fused-ring (bicyclic) bond motifs is 3. The quantitative estimate of drug-likeness (QED) is 0.176. The summed E-state index contributed by atoms with van der Waals surface area (Å²) in [6.07, 6.45) is 4.23. The van der Waals surface area contributed by atoms with E-state index in [2.05, 4.69) is 14.9 Å². The van der Waals surface area contributed by atoms with Crippen molar-refractivity contribution in [2.45, 2.75) is 104 Å². The number of rotatable bonds is 16. The van der Waals surface area contributed by atoms with Crippen LogP contribution in [0.1, 0.15) is 85.9 Å². The second-order valence-corrected chi connectivity index (χ2v) is 11.9. The molecule has 1 aromatic carbocycles.